The number of halogens is 1. The number of hydrogen-bond acceptors (Lipinski definition) is 5. The summed E-state index contributed by atoms with van der Waals surface area (Å²) in [6.45, 7) is 2.14. The predicted molar refractivity (Wildman–Crippen MR) is 123 cm³/mol. The average Bonchev–Trinajstić information content (AvgIpc) is 3.29. The van der Waals surface area contributed by atoms with Crippen LogP contribution >= 0.6 is 11.6 Å². The first-order chi connectivity index (χ1) is 14.8. The van der Waals surface area contributed by atoms with Gasteiger partial charge in [-0.2, -0.15) is 4.31 Å². The molecule has 0 fully saturated rings. The van der Waals surface area contributed by atoms with Gasteiger partial charge in [-0.15, -0.1) is 0 Å². The third-order valence-electron chi connectivity index (χ3n) is 4.85. The lowest BCUT2D eigenvalue weighted by atomic mass is 10.1. The summed E-state index contributed by atoms with van der Waals surface area (Å²) in [6, 6.07) is 14.2. The van der Waals surface area contributed by atoms with Crippen LogP contribution in [0.4, 0.5) is 0 Å². The van der Waals surface area contributed by atoms with Crippen molar-refractivity contribution in [3.63, 3.8) is 0 Å². The Morgan fingerprint density at radius 3 is 2.52 bits per heavy atom. The molecule has 9 heteroatoms. The van der Waals surface area contributed by atoms with E-state index in [1.54, 1.807) is 24.1 Å². The zero-order chi connectivity index (χ0) is 22.4. The van der Waals surface area contributed by atoms with E-state index in [1.165, 1.54) is 31.3 Å². The van der Waals surface area contributed by atoms with Crippen LogP contribution in [0, 0.1) is 0 Å². The van der Waals surface area contributed by atoms with Crippen molar-refractivity contribution in [2.75, 3.05) is 33.7 Å². The zero-order valence-electron chi connectivity index (χ0n) is 17.5. The van der Waals surface area contributed by atoms with Crippen molar-refractivity contribution >= 4 is 33.4 Å². The van der Waals surface area contributed by atoms with Gasteiger partial charge in [-0.25, -0.2) is 8.42 Å². The van der Waals surface area contributed by atoms with Gasteiger partial charge in [0.25, 0.3) is 0 Å². The van der Waals surface area contributed by atoms with Crippen LogP contribution in [-0.2, 0) is 21.4 Å². The standard InChI is InChI=1S/C22H25ClN4O3S/c1-26(16-17-9-11-18(12-10-17)22-24-13-14-25-22)21(28)8-5-15-27(2)31(29,30)20-7-4-3-6-19(20)23/h3-12H,13-16H2,1-2H3,(H,24,25). The van der Waals surface area contributed by atoms with Crippen LogP contribution < -0.4 is 5.32 Å². The van der Waals surface area contributed by atoms with Gasteiger partial charge in [0.2, 0.25) is 15.9 Å². The fourth-order valence-electron chi connectivity index (χ4n) is 3.06. The Morgan fingerprint density at radius 1 is 1.16 bits per heavy atom. The summed E-state index contributed by atoms with van der Waals surface area (Å²) in [5, 5.41) is 3.39. The third kappa shape index (κ3) is 5.72. The molecule has 1 aliphatic heterocycles. The minimum Gasteiger partial charge on any atom is -0.368 e. The first kappa shape index (κ1) is 23.0. The number of amides is 1. The summed E-state index contributed by atoms with van der Waals surface area (Å²) in [6.07, 6.45) is 2.91. The molecule has 0 bridgehead atoms. The first-order valence-electron chi connectivity index (χ1n) is 9.79. The van der Waals surface area contributed by atoms with Crippen LogP contribution in [0.25, 0.3) is 0 Å². The second-order valence-electron chi connectivity index (χ2n) is 7.17. The Labute approximate surface area is 188 Å². The Balaban J connectivity index is 1.55. The van der Waals surface area contributed by atoms with E-state index in [9.17, 15) is 13.2 Å². The number of sulfonamides is 1. The number of hydrogen-bond donors (Lipinski definition) is 1. The molecule has 3 rings (SSSR count). The first-order valence-corrected chi connectivity index (χ1v) is 11.6. The number of benzene rings is 2. The van der Waals surface area contributed by atoms with Gasteiger partial charge >= 0.3 is 0 Å². The fourth-order valence-corrected chi connectivity index (χ4v) is 4.67. The summed E-state index contributed by atoms with van der Waals surface area (Å²) in [5.74, 6) is 0.684. The molecule has 2 aromatic rings. The fraction of sp³-hybridized carbons (Fsp3) is 0.273. The lowest BCUT2D eigenvalue weighted by molar-refractivity contribution is -0.125. The number of amidine groups is 1. The molecule has 1 N–H and O–H groups in total. The van der Waals surface area contributed by atoms with Gasteiger partial charge in [0.05, 0.1) is 11.6 Å². The lowest BCUT2D eigenvalue weighted by Crippen LogP contribution is -2.28. The molecule has 0 atom stereocenters. The third-order valence-corrected chi connectivity index (χ3v) is 7.17. The van der Waals surface area contributed by atoms with Crippen LogP contribution in [0.2, 0.25) is 5.02 Å². The van der Waals surface area contributed by atoms with Gasteiger partial charge in [-0.3, -0.25) is 9.79 Å². The minimum atomic E-state index is -3.74. The summed E-state index contributed by atoms with van der Waals surface area (Å²) in [7, 11) is -0.589. The Kier molecular flexibility index (Phi) is 7.48. The summed E-state index contributed by atoms with van der Waals surface area (Å²) < 4.78 is 26.4. The van der Waals surface area contributed by atoms with E-state index >= 15 is 0 Å². The SMILES string of the molecule is CN(Cc1ccc(C2=NCCN2)cc1)C(=O)C=CCN(C)S(=O)(=O)c1ccccc1Cl. The van der Waals surface area contributed by atoms with Crippen LogP contribution in [-0.4, -0.2) is 63.1 Å². The number of rotatable bonds is 8. The van der Waals surface area contributed by atoms with Crippen molar-refractivity contribution in [2.45, 2.75) is 11.4 Å². The van der Waals surface area contributed by atoms with E-state index in [0.717, 1.165) is 34.4 Å². The highest BCUT2D eigenvalue weighted by atomic mass is 35.5. The second kappa shape index (κ2) is 10.1. The molecule has 31 heavy (non-hydrogen) atoms. The highest BCUT2D eigenvalue weighted by Crippen LogP contribution is 2.23. The Hall–Kier alpha value is -2.68. The van der Waals surface area contributed by atoms with Crippen LogP contribution in [0.15, 0.2) is 70.6 Å². The molecule has 0 spiro atoms. The normalized spacial score (nSPS) is 14.0. The topological polar surface area (TPSA) is 82.1 Å². The number of nitrogens with zero attached hydrogens (tertiary/aromatic N) is 3. The molecular formula is C22H25ClN4O3S. The van der Waals surface area contributed by atoms with Gasteiger partial charge in [-0.05, 0) is 17.7 Å². The molecule has 0 unspecified atom stereocenters. The molecule has 1 heterocycles. The lowest BCUT2D eigenvalue weighted by Gasteiger charge is -2.17. The quantitative estimate of drug-likeness (QED) is 0.614. The number of likely N-dealkylation sites (N-methyl/N-ethyl adjacent to an activating group) is 2. The van der Waals surface area contributed by atoms with E-state index in [4.69, 9.17) is 11.6 Å². The van der Waals surface area contributed by atoms with Crippen molar-refractivity contribution in [1.82, 2.24) is 14.5 Å². The molecule has 164 valence electrons. The molecule has 0 aliphatic carbocycles. The van der Waals surface area contributed by atoms with Gasteiger partial charge in [0.15, 0.2) is 0 Å². The van der Waals surface area contributed by atoms with Crippen molar-refractivity contribution in [3.05, 3.63) is 76.8 Å². The summed E-state index contributed by atoms with van der Waals surface area (Å²) in [5.41, 5.74) is 2.02. The molecule has 0 radical (unpaired) electrons. The summed E-state index contributed by atoms with van der Waals surface area (Å²) in [4.78, 5) is 18.4. The van der Waals surface area contributed by atoms with Crippen molar-refractivity contribution in [2.24, 2.45) is 4.99 Å². The maximum absolute atomic E-state index is 12.6. The molecule has 7 nitrogen and oxygen atoms in total. The predicted octanol–water partition coefficient (Wildman–Crippen LogP) is 2.53. The highest BCUT2D eigenvalue weighted by Gasteiger charge is 2.22. The van der Waals surface area contributed by atoms with E-state index in [-0.39, 0.29) is 22.4 Å². The minimum absolute atomic E-state index is 0.0400. The van der Waals surface area contributed by atoms with Crippen molar-refractivity contribution < 1.29 is 13.2 Å². The van der Waals surface area contributed by atoms with E-state index in [1.807, 2.05) is 24.3 Å². The molecule has 1 amide bonds. The number of carbonyl (C=O) groups excluding carboxylic acids is 1. The average molecular weight is 461 g/mol. The van der Waals surface area contributed by atoms with E-state index in [0.29, 0.717) is 6.54 Å². The highest BCUT2D eigenvalue weighted by molar-refractivity contribution is 7.89. The van der Waals surface area contributed by atoms with E-state index in [2.05, 4.69) is 10.3 Å². The van der Waals surface area contributed by atoms with Gasteiger partial charge in [0, 0.05) is 45.4 Å². The summed E-state index contributed by atoms with van der Waals surface area (Å²) >= 11 is 6.01. The van der Waals surface area contributed by atoms with Crippen LogP contribution in [0.3, 0.4) is 0 Å². The molecular weight excluding hydrogens is 436 g/mol. The molecule has 0 saturated heterocycles. The number of aliphatic imine (C=N–C) groups is 1. The molecule has 0 saturated carbocycles. The van der Waals surface area contributed by atoms with Gasteiger partial charge in [-0.1, -0.05) is 54.1 Å². The monoisotopic (exact) mass is 460 g/mol. The van der Waals surface area contributed by atoms with Gasteiger partial charge in [0.1, 0.15) is 10.7 Å². The Bertz CT molecular complexity index is 1100. The second-order valence-corrected chi connectivity index (χ2v) is 9.59. The van der Waals surface area contributed by atoms with Crippen molar-refractivity contribution in [1.29, 1.82) is 0 Å². The number of nitrogens with one attached hydrogen (secondary N) is 1. The molecule has 0 aromatic heterocycles. The Morgan fingerprint density at radius 2 is 1.87 bits per heavy atom. The van der Waals surface area contributed by atoms with Gasteiger partial charge < -0.3 is 10.2 Å². The van der Waals surface area contributed by atoms with E-state index < -0.39 is 10.0 Å². The van der Waals surface area contributed by atoms with Crippen molar-refractivity contribution in [3.8, 4) is 0 Å². The van der Waals surface area contributed by atoms with Crippen LogP contribution in [0.5, 0.6) is 0 Å². The zero-order valence-corrected chi connectivity index (χ0v) is 19.0. The smallest absolute Gasteiger partial charge is 0.246 e. The molecule has 2 aromatic carbocycles. The largest absolute Gasteiger partial charge is 0.368 e. The maximum Gasteiger partial charge on any atom is 0.246 e. The van der Waals surface area contributed by atoms with Crippen LogP contribution in [0.1, 0.15) is 11.1 Å². The maximum atomic E-state index is 12.6. The molecule has 1 aliphatic rings. The number of carbonyl (C=O) groups is 1.